The molecule has 0 aromatic heterocycles. The van der Waals surface area contributed by atoms with Gasteiger partial charge in [0.2, 0.25) is 0 Å². The molecule has 3 rings (SSSR count). The Labute approximate surface area is 169 Å². The van der Waals surface area contributed by atoms with Crippen LogP contribution in [-0.4, -0.2) is 49.8 Å². The van der Waals surface area contributed by atoms with Crippen LogP contribution in [0.4, 0.5) is 0 Å². The maximum absolute atomic E-state index is 11.8. The highest BCUT2D eigenvalue weighted by atomic mass is 16.8. The van der Waals surface area contributed by atoms with E-state index in [0.717, 1.165) is 18.4 Å². The fourth-order valence-corrected chi connectivity index (χ4v) is 3.41. The van der Waals surface area contributed by atoms with Gasteiger partial charge in [-0.05, 0) is 18.4 Å². The molecule has 0 unspecified atom stereocenters. The maximum Gasteiger partial charge on any atom is 0.303 e. The summed E-state index contributed by atoms with van der Waals surface area (Å²) in [6, 6.07) is 8.53. The summed E-state index contributed by atoms with van der Waals surface area (Å²) < 4.78 is 29.2. The first-order chi connectivity index (χ1) is 14.1. The van der Waals surface area contributed by atoms with E-state index in [1.54, 1.807) is 6.08 Å². The van der Waals surface area contributed by atoms with Crippen LogP contribution >= 0.6 is 0 Å². The third kappa shape index (κ3) is 5.35. The van der Waals surface area contributed by atoms with Gasteiger partial charge in [-0.2, -0.15) is 0 Å². The van der Waals surface area contributed by atoms with E-state index >= 15 is 0 Å². The molecule has 2 aliphatic rings. The second-order valence-electron chi connectivity index (χ2n) is 6.79. The minimum absolute atomic E-state index is 0.220. The minimum Gasteiger partial charge on any atom is -0.459 e. The summed E-state index contributed by atoms with van der Waals surface area (Å²) in [5, 5.41) is 3.80. The Hall–Kier alpha value is -2.42. The van der Waals surface area contributed by atoms with Crippen molar-refractivity contribution in [2.24, 2.45) is 5.11 Å². The number of ether oxygens (including phenoxy) is 5. The number of hydrogen-bond acceptors (Lipinski definition) is 7. The van der Waals surface area contributed by atoms with Gasteiger partial charge in [-0.25, -0.2) is 0 Å². The zero-order valence-corrected chi connectivity index (χ0v) is 16.3. The number of allylic oxidation sites excluding steroid dienone is 1. The van der Waals surface area contributed by atoms with E-state index in [2.05, 4.69) is 16.6 Å². The lowest BCUT2D eigenvalue weighted by Gasteiger charge is -2.47. The number of hydrogen-bond donors (Lipinski definition) is 0. The van der Waals surface area contributed by atoms with E-state index in [1.807, 2.05) is 30.3 Å². The molecule has 0 bridgehead atoms. The fraction of sp³-hybridized carbons (Fsp3) is 0.550. The van der Waals surface area contributed by atoms with Crippen LogP contribution < -0.4 is 0 Å². The van der Waals surface area contributed by atoms with Gasteiger partial charge in [0.25, 0.3) is 0 Å². The van der Waals surface area contributed by atoms with Crippen molar-refractivity contribution < 1.29 is 28.5 Å². The molecule has 9 heteroatoms. The average molecular weight is 403 g/mol. The minimum atomic E-state index is -0.886. The predicted molar refractivity (Wildman–Crippen MR) is 103 cm³/mol. The lowest BCUT2D eigenvalue weighted by molar-refractivity contribution is -0.342. The molecule has 1 aromatic carbocycles. The van der Waals surface area contributed by atoms with Crippen LogP contribution in [0, 0.1) is 0 Å². The molecule has 0 radical (unpaired) electrons. The number of carbonyl (C=O) groups is 1. The van der Waals surface area contributed by atoms with Crippen molar-refractivity contribution in [1.29, 1.82) is 0 Å². The molecule has 2 fully saturated rings. The molecular formula is C20H25N3O6. The summed E-state index contributed by atoms with van der Waals surface area (Å²) in [6.07, 6.45) is -0.264. The Morgan fingerprint density at radius 3 is 2.86 bits per heavy atom. The summed E-state index contributed by atoms with van der Waals surface area (Å²) in [5.74, 6) is -0.509. The van der Waals surface area contributed by atoms with E-state index in [0.29, 0.717) is 6.61 Å². The monoisotopic (exact) mass is 403 g/mol. The van der Waals surface area contributed by atoms with E-state index in [1.165, 1.54) is 6.92 Å². The van der Waals surface area contributed by atoms with Gasteiger partial charge in [0.05, 0.1) is 13.2 Å². The van der Waals surface area contributed by atoms with Gasteiger partial charge < -0.3 is 23.7 Å². The molecule has 0 aliphatic carbocycles. The molecule has 2 heterocycles. The highest BCUT2D eigenvalue weighted by Gasteiger charge is 2.52. The van der Waals surface area contributed by atoms with Crippen molar-refractivity contribution in [1.82, 2.24) is 0 Å². The summed E-state index contributed by atoms with van der Waals surface area (Å²) >= 11 is 0. The normalized spacial score (nSPS) is 31.2. The molecular weight excluding hydrogens is 378 g/mol. The van der Waals surface area contributed by atoms with E-state index < -0.39 is 42.9 Å². The van der Waals surface area contributed by atoms with E-state index in [-0.39, 0.29) is 6.61 Å². The molecule has 2 aliphatic heterocycles. The van der Waals surface area contributed by atoms with Crippen molar-refractivity contribution in [3.63, 3.8) is 0 Å². The van der Waals surface area contributed by atoms with Gasteiger partial charge in [-0.1, -0.05) is 41.5 Å². The highest BCUT2D eigenvalue weighted by molar-refractivity contribution is 5.66. The second-order valence-corrected chi connectivity index (χ2v) is 6.79. The quantitative estimate of drug-likeness (QED) is 0.164. The molecule has 6 atom stereocenters. The fourth-order valence-electron chi connectivity index (χ4n) is 3.41. The summed E-state index contributed by atoms with van der Waals surface area (Å²) in [5.41, 5.74) is 9.88. The van der Waals surface area contributed by atoms with Crippen LogP contribution in [0.3, 0.4) is 0 Å². The lowest BCUT2D eigenvalue weighted by atomic mass is 9.96. The van der Waals surface area contributed by atoms with Gasteiger partial charge in [0.15, 0.2) is 12.6 Å². The molecule has 29 heavy (non-hydrogen) atoms. The van der Waals surface area contributed by atoms with Gasteiger partial charge in [-0.15, -0.1) is 6.58 Å². The third-order valence-corrected chi connectivity index (χ3v) is 4.70. The largest absolute Gasteiger partial charge is 0.459 e. The highest BCUT2D eigenvalue weighted by Crippen LogP contribution is 2.36. The first-order valence-corrected chi connectivity index (χ1v) is 9.55. The Kier molecular flexibility index (Phi) is 7.62. The number of unbranched alkanes of at least 4 members (excludes halogenated alkanes) is 1. The molecule has 9 nitrogen and oxygen atoms in total. The van der Waals surface area contributed by atoms with E-state index in [9.17, 15) is 4.79 Å². The first-order valence-electron chi connectivity index (χ1n) is 9.55. The molecule has 0 saturated carbocycles. The smallest absolute Gasteiger partial charge is 0.303 e. The molecule has 2 saturated heterocycles. The van der Waals surface area contributed by atoms with Crippen molar-refractivity contribution in [3.05, 3.63) is 59.0 Å². The Balaban J connectivity index is 1.80. The average Bonchev–Trinajstić information content (AvgIpc) is 2.73. The van der Waals surface area contributed by atoms with E-state index in [4.69, 9.17) is 29.2 Å². The van der Waals surface area contributed by atoms with Gasteiger partial charge in [-0.3, -0.25) is 4.79 Å². The number of benzene rings is 1. The Bertz CT molecular complexity index is 739. The SMILES string of the molecule is C=CCCCO[C@@H]1O[C@@H]2CO[C@@H](c3ccccc3)O[C@H]2[C@H](OC(C)=O)[C@H]1N=[N+]=[N-]. The van der Waals surface area contributed by atoms with Gasteiger partial charge >= 0.3 is 5.97 Å². The standard InChI is InChI=1S/C20H25N3O6/c1-3-4-8-11-25-20-16(22-23-21)18(27-13(2)24)17-15(28-20)12-26-19(29-17)14-9-6-5-7-10-14/h3,5-7,9-10,15-20H,1,4,8,11-12H2,2H3/t15-,16-,17-,18-,19-,20-/m1/s1. The van der Waals surface area contributed by atoms with Crippen LogP contribution in [0.15, 0.2) is 48.1 Å². The van der Waals surface area contributed by atoms with Gasteiger partial charge in [0.1, 0.15) is 24.4 Å². The van der Waals surface area contributed by atoms with Crippen LogP contribution in [0.2, 0.25) is 0 Å². The summed E-state index contributed by atoms with van der Waals surface area (Å²) in [4.78, 5) is 14.7. The van der Waals surface area contributed by atoms with Crippen LogP contribution in [0.1, 0.15) is 31.6 Å². The van der Waals surface area contributed by atoms with Crippen molar-refractivity contribution in [2.45, 2.75) is 56.7 Å². The Morgan fingerprint density at radius 2 is 2.17 bits per heavy atom. The first kappa shape index (κ1) is 21.3. The number of azide groups is 1. The number of rotatable bonds is 8. The van der Waals surface area contributed by atoms with Gasteiger partial charge in [0, 0.05) is 17.4 Å². The number of carbonyl (C=O) groups excluding carboxylic acids is 1. The van der Waals surface area contributed by atoms with Crippen molar-refractivity contribution in [2.75, 3.05) is 13.2 Å². The summed E-state index contributed by atoms with van der Waals surface area (Å²) in [7, 11) is 0. The third-order valence-electron chi connectivity index (χ3n) is 4.70. The zero-order valence-electron chi connectivity index (χ0n) is 16.3. The van der Waals surface area contributed by atoms with Crippen molar-refractivity contribution >= 4 is 5.97 Å². The number of esters is 1. The summed E-state index contributed by atoms with van der Waals surface area (Å²) in [6.45, 7) is 5.57. The van der Waals surface area contributed by atoms with Crippen molar-refractivity contribution in [3.8, 4) is 0 Å². The molecule has 0 N–H and O–H groups in total. The Morgan fingerprint density at radius 1 is 1.38 bits per heavy atom. The molecule has 0 amide bonds. The maximum atomic E-state index is 11.8. The number of nitrogens with zero attached hydrogens (tertiary/aromatic N) is 3. The van der Waals surface area contributed by atoms with Crippen LogP contribution in [-0.2, 0) is 28.5 Å². The van der Waals surface area contributed by atoms with Crippen LogP contribution in [0.25, 0.3) is 10.4 Å². The molecule has 1 aromatic rings. The lowest BCUT2D eigenvalue weighted by Crippen LogP contribution is -2.62. The molecule has 156 valence electrons. The zero-order chi connectivity index (χ0) is 20.6. The topological polar surface area (TPSA) is 112 Å². The second kappa shape index (κ2) is 10.4. The van der Waals surface area contributed by atoms with Crippen LogP contribution in [0.5, 0.6) is 0 Å². The predicted octanol–water partition coefficient (Wildman–Crippen LogP) is 3.42. The number of fused-ring (bicyclic) bond motifs is 1. The molecule has 0 spiro atoms.